The van der Waals surface area contributed by atoms with Crippen LogP contribution in [0.5, 0.6) is 5.75 Å². The number of hydrogen-bond donors (Lipinski definition) is 2. The second-order valence-electron chi connectivity index (χ2n) is 6.48. The summed E-state index contributed by atoms with van der Waals surface area (Å²) in [6.07, 6.45) is 5.11. The van der Waals surface area contributed by atoms with E-state index in [-0.39, 0.29) is 5.91 Å². The Morgan fingerprint density at radius 2 is 2.13 bits per heavy atom. The van der Waals surface area contributed by atoms with Gasteiger partial charge in [0, 0.05) is 12.1 Å². The molecule has 0 bridgehead atoms. The van der Waals surface area contributed by atoms with E-state index in [9.17, 15) is 4.79 Å². The zero-order chi connectivity index (χ0) is 15.8. The van der Waals surface area contributed by atoms with E-state index < -0.39 is 0 Å². The molecule has 5 nitrogen and oxygen atoms in total. The third-order valence-corrected chi connectivity index (χ3v) is 5.47. The van der Waals surface area contributed by atoms with Gasteiger partial charge in [0.05, 0.1) is 23.9 Å². The highest BCUT2D eigenvalue weighted by atomic mass is 32.2. The Morgan fingerprint density at radius 1 is 1.39 bits per heavy atom. The summed E-state index contributed by atoms with van der Waals surface area (Å²) in [7, 11) is 1.65. The van der Waals surface area contributed by atoms with Gasteiger partial charge in [-0.3, -0.25) is 4.79 Å². The molecule has 4 rings (SSSR count). The SMILES string of the molecule is COc1ccc2nc(SCC(=O)NC(C3CC3)C3CC3)[nH]c2c1. The number of benzene rings is 1. The predicted octanol–water partition coefficient (Wildman–Crippen LogP) is 2.97. The summed E-state index contributed by atoms with van der Waals surface area (Å²) in [5.74, 6) is 2.79. The number of hydrogen-bond acceptors (Lipinski definition) is 4. The first kappa shape index (κ1) is 14.9. The summed E-state index contributed by atoms with van der Waals surface area (Å²) in [5, 5.41) is 4.02. The van der Waals surface area contributed by atoms with Gasteiger partial charge < -0.3 is 15.0 Å². The van der Waals surface area contributed by atoms with Crippen LogP contribution in [0.15, 0.2) is 23.4 Å². The van der Waals surface area contributed by atoms with Crippen molar-refractivity contribution < 1.29 is 9.53 Å². The maximum atomic E-state index is 12.2. The van der Waals surface area contributed by atoms with E-state index in [0.29, 0.717) is 11.8 Å². The lowest BCUT2D eigenvalue weighted by molar-refractivity contribution is -0.119. The number of aromatic nitrogens is 2. The summed E-state index contributed by atoms with van der Waals surface area (Å²) in [5.41, 5.74) is 1.82. The molecule has 2 saturated carbocycles. The van der Waals surface area contributed by atoms with Gasteiger partial charge in [-0.25, -0.2) is 4.98 Å². The highest BCUT2D eigenvalue weighted by Gasteiger charge is 2.42. The monoisotopic (exact) mass is 331 g/mol. The van der Waals surface area contributed by atoms with Crippen molar-refractivity contribution in [3.63, 3.8) is 0 Å². The van der Waals surface area contributed by atoms with Gasteiger partial charge in [0.2, 0.25) is 5.91 Å². The van der Waals surface area contributed by atoms with Crippen molar-refractivity contribution in [3.05, 3.63) is 18.2 Å². The van der Waals surface area contributed by atoms with E-state index in [1.807, 2.05) is 18.2 Å². The van der Waals surface area contributed by atoms with Crippen LogP contribution < -0.4 is 10.1 Å². The zero-order valence-electron chi connectivity index (χ0n) is 13.2. The maximum Gasteiger partial charge on any atom is 0.230 e. The van der Waals surface area contributed by atoms with Crippen molar-refractivity contribution in [3.8, 4) is 5.75 Å². The van der Waals surface area contributed by atoms with Crippen molar-refractivity contribution in [2.45, 2.75) is 36.9 Å². The van der Waals surface area contributed by atoms with E-state index in [2.05, 4.69) is 15.3 Å². The summed E-state index contributed by atoms with van der Waals surface area (Å²) in [4.78, 5) is 20.0. The third-order valence-electron chi connectivity index (χ3n) is 4.59. The fourth-order valence-electron chi connectivity index (χ4n) is 3.05. The van der Waals surface area contributed by atoms with Crippen LogP contribution in [0.25, 0.3) is 11.0 Å². The predicted molar refractivity (Wildman–Crippen MR) is 90.7 cm³/mol. The van der Waals surface area contributed by atoms with Crippen molar-refractivity contribution in [1.29, 1.82) is 0 Å². The lowest BCUT2D eigenvalue weighted by atomic mass is 10.1. The fraction of sp³-hybridized carbons (Fsp3) is 0.529. The van der Waals surface area contributed by atoms with Crippen LogP contribution in [-0.2, 0) is 4.79 Å². The number of carbonyl (C=O) groups excluding carboxylic acids is 1. The van der Waals surface area contributed by atoms with Gasteiger partial charge in [-0.2, -0.15) is 0 Å². The van der Waals surface area contributed by atoms with Gasteiger partial charge >= 0.3 is 0 Å². The quantitative estimate of drug-likeness (QED) is 0.766. The molecule has 0 saturated heterocycles. The Morgan fingerprint density at radius 3 is 2.78 bits per heavy atom. The molecule has 2 N–H and O–H groups in total. The topological polar surface area (TPSA) is 67.0 Å². The molecule has 1 aromatic heterocycles. The van der Waals surface area contributed by atoms with Crippen LogP contribution in [0.1, 0.15) is 25.7 Å². The molecule has 2 aliphatic rings. The Balaban J connectivity index is 1.35. The van der Waals surface area contributed by atoms with E-state index in [1.165, 1.54) is 37.4 Å². The summed E-state index contributed by atoms with van der Waals surface area (Å²) < 4.78 is 5.21. The van der Waals surface area contributed by atoms with E-state index in [0.717, 1.165) is 33.8 Å². The molecule has 0 spiro atoms. The molecule has 1 heterocycles. The number of rotatable bonds is 7. The van der Waals surface area contributed by atoms with Crippen LogP contribution in [0, 0.1) is 11.8 Å². The highest BCUT2D eigenvalue weighted by molar-refractivity contribution is 7.99. The molecule has 0 atom stereocenters. The number of aromatic amines is 1. The molecule has 0 unspecified atom stereocenters. The number of carbonyl (C=O) groups is 1. The molecule has 6 heteroatoms. The standard InChI is InChI=1S/C17H21N3O2S/c1-22-12-6-7-13-14(8-12)19-17(18-13)23-9-15(21)20-16(10-2-3-10)11-4-5-11/h6-8,10-11,16H,2-5,9H2,1H3,(H,18,19)(H,20,21). The molecule has 1 aromatic carbocycles. The number of fused-ring (bicyclic) bond motifs is 1. The zero-order valence-corrected chi connectivity index (χ0v) is 14.0. The molecule has 2 aliphatic carbocycles. The smallest absolute Gasteiger partial charge is 0.230 e. The van der Waals surface area contributed by atoms with Crippen LogP contribution in [0.3, 0.4) is 0 Å². The van der Waals surface area contributed by atoms with Crippen molar-refractivity contribution in [2.24, 2.45) is 11.8 Å². The normalized spacial score (nSPS) is 17.7. The van der Waals surface area contributed by atoms with Crippen molar-refractivity contribution >= 4 is 28.7 Å². The molecule has 0 radical (unpaired) electrons. The number of methoxy groups -OCH3 is 1. The molecule has 2 fully saturated rings. The summed E-state index contributed by atoms with van der Waals surface area (Å²) in [6, 6.07) is 6.15. The third kappa shape index (κ3) is 3.47. The number of imidazole rings is 1. The van der Waals surface area contributed by atoms with Gasteiger partial charge in [-0.15, -0.1) is 0 Å². The fourth-order valence-corrected chi connectivity index (χ4v) is 3.75. The van der Waals surface area contributed by atoms with Crippen LogP contribution in [0.2, 0.25) is 0 Å². The van der Waals surface area contributed by atoms with Gasteiger partial charge in [-0.1, -0.05) is 11.8 Å². The lowest BCUT2D eigenvalue weighted by Crippen LogP contribution is -2.39. The summed E-state index contributed by atoms with van der Waals surface area (Å²) >= 11 is 1.45. The average molecular weight is 331 g/mol. The minimum Gasteiger partial charge on any atom is -0.497 e. The Kier molecular flexibility index (Phi) is 3.93. The van der Waals surface area contributed by atoms with Crippen LogP contribution in [0.4, 0.5) is 0 Å². The van der Waals surface area contributed by atoms with Gasteiger partial charge in [0.15, 0.2) is 5.16 Å². The van der Waals surface area contributed by atoms with Crippen LogP contribution >= 0.6 is 11.8 Å². The number of nitrogens with zero attached hydrogens (tertiary/aromatic N) is 1. The molecular weight excluding hydrogens is 310 g/mol. The second-order valence-corrected chi connectivity index (χ2v) is 7.45. The van der Waals surface area contributed by atoms with Gasteiger partial charge in [0.1, 0.15) is 5.75 Å². The van der Waals surface area contributed by atoms with E-state index in [4.69, 9.17) is 4.74 Å². The molecule has 122 valence electrons. The van der Waals surface area contributed by atoms with Crippen molar-refractivity contribution in [2.75, 3.05) is 12.9 Å². The second kappa shape index (κ2) is 6.07. The van der Waals surface area contributed by atoms with Crippen LogP contribution in [-0.4, -0.2) is 34.8 Å². The van der Waals surface area contributed by atoms with E-state index >= 15 is 0 Å². The molecule has 1 amide bonds. The van der Waals surface area contributed by atoms with Gasteiger partial charge in [0.25, 0.3) is 0 Å². The lowest BCUT2D eigenvalue weighted by Gasteiger charge is -2.17. The van der Waals surface area contributed by atoms with Gasteiger partial charge in [-0.05, 0) is 49.7 Å². The average Bonchev–Trinajstić information content (AvgIpc) is 3.46. The number of thioether (sulfide) groups is 1. The Bertz CT molecular complexity index is 710. The largest absolute Gasteiger partial charge is 0.497 e. The Labute approximate surface area is 139 Å². The Hall–Kier alpha value is -1.69. The highest BCUT2D eigenvalue weighted by Crippen LogP contribution is 2.44. The number of nitrogens with one attached hydrogen (secondary N) is 2. The molecule has 0 aliphatic heterocycles. The number of amides is 1. The first-order valence-corrected chi connectivity index (χ1v) is 9.17. The number of H-pyrrole nitrogens is 1. The maximum absolute atomic E-state index is 12.2. The summed E-state index contributed by atoms with van der Waals surface area (Å²) in [6.45, 7) is 0. The minimum atomic E-state index is 0.122. The van der Waals surface area contributed by atoms with E-state index in [1.54, 1.807) is 7.11 Å². The molecule has 2 aromatic rings. The minimum absolute atomic E-state index is 0.122. The first-order valence-electron chi connectivity index (χ1n) is 8.19. The van der Waals surface area contributed by atoms with Crippen molar-refractivity contribution in [1.82, 2.24) is 15.3 Å². The molecule has 23 heavy (non-hydrogen) atoms. The molecular formula is C17H21N3O2S. The number of ether oxygens (including phenoxy) is 1. The first-order chi connectivity index (χ1) is 11.2.